The molecule has 0 aromatic carbocycles. The van der Waals surface area contributed by atoms with Crippen LogP contribution in [0.1, 0.15) is 35.6 Å². The highest BCUT2D eigenvalue weighted by atomic mass is 35.5. The standard InChI is InChI=1S/C13H11ClN4/c1-8-4-5-16-11(6-8)18-13(14)10(7-15)12(17-18)9-2-3-9/h4-6,9H,2-3H2,1H3. The summed E-state index contributed by atoms with van der Waals surface area (Å²) in [6, 6.07) is 5.96. The Bertz CT molecular complexity index is 649. The normalized spacial score (nSPS) is 14.5. The Kier molecular flexibility index (Phi) is 2.57. The predicted molar refractivity (Wildman–Crippen MR) is 67.8 cm³/mol. The molecule has 4 nitrogen and oxygen atoms in total. The Labute approximate surface area is 110 Å². The lowest BCUT2D eigenvalue weighted by Gasteiger charge is -2.02. The molecule has 0 spiro atoms. The van der Waals surface area contributed by atoms with Gasteiger partial charge in [0.2, 0.25) is 0 Å². The van der Waals surface area contributed by atoms with E-state index in [0.29, 0.717) is 22.5 Å². The van der Waals surface area contributed by atoms with Crippen molar-refractivity contribution in [3.8, 4) is 11.9 Å². The van der Waals surface area contributed by atoms with Gasteiger partial charge in [-0.25, -0.2) is 9.67 Å². The largest absolute Gasteiger partial charge is 0.237 e. The Morgan fingerprint density at radius 3 is 2.89 bits per heavy atom. The van der Waals surface area contributed by atoms with Crippen molar-refractivity contribution in [1.82, 2.24) is 14.8 Å². The molecule has 1 fully saturated rings. The van der Waals surface area contributed by atoms with Crippen LogP contribution in [0.15, 0.2) is 18.3 Å². The number of rotatable bonds is 2. The van der Waals surface area contributed by atoms with Crippen LogP contribution in [0, 0.1) is 18.3 Å². The first-order valence-electron chi connectivity index (χ1n) is 5.82. The second kappa shape index (κ2) is 4.11. The molecule has 0 N–H and O–H groups in total. The Morgan fingerprint density at radius 1 is 1.50 bits per heavy atom. The van der Waals surface area contributed by atoms with Crippen molar-refractivity contribution in [2.45, 2.75) is 25.7 Å². The molecule has 0 unspecified atom stereocenters. The molecule has 18 heavy (non-hydrogen) atoms. The average molecular weight is 259 g/mol. The SMILES string of the molecule is Cc1ccnc(-n2nc(C3CC3)c(C#N)c2Cl)c1. The highest BCUT2D eigenvalue weighted by molar-refractivity contribution is 6.31. The zero-order chi connectivity index (χ0) is 12.7. The maximum atomic E-state index is 9.18. The van der Waals surface area contributed by atoms with Crippen molar-refractivity contribution in [2.24, 2.45) is 0 Å². The molecule has 1 saturated carbocycles. The second-order valence-corrected chi connectivity index (χ2v) is 4.90. The summed E-state index contributed by atoms with van der Waals surface area (Å²) in [5.74, 6) is 1.05. The van der Waals surface area contributed by atoms with Gasteiger partial charge in [-0.2, -0.15) is 10.4 Å². The van der Waals surface area contributed by atoms with E-state index in [1.807, 2.05) is 19.1 Å². The smallest absolute Gasteiger partial charge is 0.155 e. The molecule has 3 rings (SSSR count). The van der Waals surface area contributed by atoms with Gasteiger partial charge in [0.1, 0.15) is 11.6 Å². The van der Waals surface area contributed by atoms with Gasteiger partial charge in [0, 0.05) is 12.1 Å². The van der Waals surface area contributed by atoms with Crippen molar-refractivity contribution < 1.29 is 0 Å². The van der Waals surface area contributed by atoms with E-state index in [9.17, 15) is 5.26 Å². The van der Waals surface area contributed by atoms with Gasteiger partial charge in [-0.15, -0.1) is 0 Å². The Balaban J connectivity index is 2.16. The molecular weight excluding hydrogens is 248 g/mol. The third-order valence-corrected chi connectivity index (χ3v) is 3.40. The predicted octanol–water partition coefficient (Wildman–Crippen LogP) is 2.98. The summed E-state index contributed by atoms with van der Waals surface area (Å²) in [7, 11) is 0. The van der Waals surface area contributed by atoms with Crippen molar-refractivity contribution in [1.29, 1.82) is 5.26 Å². The lowest BCUT2D eigenvalue weighted by Crippen LogP contribution is -2.00. The molecule has 1 aliphatic rings. The minimum absolute atomic E-state index is 0.359. The molecule has 2 heterocycles. The third-order valence-electron chi connectivity index (χ3n) is 3.05. The van der Waals surface area contributed by atoms with Gasteiger partial charge in [-0.3, -0.25) is 0 Å². The highest BCUT2D eigenvalue weighted by Crippen LogP contribution is 2.42. The van der Waals surface area contributed by atoms with E-state index in [-0.39, 0.29) is 0 Å². The first kappa shape index (κ1) is 11.2. The van der Waals surface area contributed by atoms with Crippen molar-refractivity contribution in [3.63, 3.8) is 0 Å². The van der Waals surface area contributed by atoms with Crippen LogP contribution in [0.4, 0.5) is 0 Å². The molecule has 2 aromatic heterocycles. The van der Waals surface area contributed by atoms with E-state index < -0.39 is 0 Å². The third kappa shape index (κ3) is 1.77. The van der Waals surface area contributed by atoms with Crippen LogP contribution in [-0.4, -0.2) is 14.8 Å². The van der Waals surface area contributed by atoms with E-state index >= 15 is 0 Å². The molecule has 0 aliphatic heterocycles. The fraction of sp³-hybridized carbons (Fsp3) is 0.308. The van der Waals surface area contributed by atoms with Gasteiger partial charge in [0.25, 0.3) is 0 Å². The van der Waals surface area contributed by atoms with Gasteiger partial charge in [-0.1, -0.05) is 11.6 Å². The molecule has 0 radical (unpaired) electrons. The van der Waals surface area contributed by atoms with E-state index in [1.165, 1.54) is 0 Å². The molecule has 2 aromatic rings. The minimum Gasteiger partial charge on any atom is -0.237 e. The number of nitriles is 1. The fourth-order valence-corrected chi connectivity index (χ4v) is 2.21. The van der Waals surface area contributed by atoms with E-state index in [0.717, 1.165) is 24.1 Å². The number of hydrogen-bond donors (Lipinski definition) is 0. The van der Waals surface area contributed by atoms with Crippen LogP contribution in [0.5, 0.6) is 0 Å². The lowest BCUT2D eigenvalue weighted by atomic mass is 10.2. The Morgan fingerprint density at radius 2 is 2.28 bits per heavy atom. The van der Waals surface area contributed by atoms with Gasteiger partial charge in [-0.05, 0) is 37.5 Å². The van der Waals surface area contributed by atoms with Crippen LogP contribution in [-0.2, 0) is 0 Å². The summed E-state index contributed by atoms with van der Waals surface area (Å²) >= 11 is 6.23. The molecule has 0 saturated heterocycles. The molecular formula is C13H11ClN4. The van der Waals surface area contributed by atoms with Gasteiger partial charge in [0.05, 0.1) is 5.69 Å². The average Bonchev–Trinajstić information content (AvgIpc) is 3.13. The Hall–Kier alpha value is -1.86. The first-order valence-corrected chi connectivity index (χ1v) is 6.20. The van der Waals surface area contributed by atoms with Crippen molar-refractivity contribution in [2.75, 3.05) is 0 Å². The van der Waals surface area contributed by atoms with Crippen LogP contribution in [0.3, 0.4) is 0 Å². The van der Waals surface area contributed by atoms with Gasteiger partial charge in [0.15, 0.2) is 11.0 Å². The summed E-state index contributed by atoms with van der Waals surface area (Å²) in [4.78, 5) is 4.25. The topological polar surface area (TPSA) is 54.5 Å². The molecule has 0 atom stereocenters. The number of aromatic nitrogens is 3. The molecule has 1 aliphatic carbocycles. The van der Waals surface area contributed by atoms with Crippen LogP contribution in [0.2, 0.25) is 5.15 Å². The first-order chi connectivity index (χ1) is 8.70. The summed E-state index contributed by atoms with van der Waals surface area (Å²) in [6.07, 6.45) is 3.89. The number of aryl methyl sites for hydroxylation is 1. The number of halogens is 1. The molecule has 5 heteroatoms. The maximum Gasteiger partial charge on any atom is 0.155 e. The molecule has 90 valence electrons. The number of nitrogens with zero attached hydrogens (tertiary/aromatic N) is 4. The summed E-state index contributed by atoms with van der Waals surface area (Å²) < 4.78 is 1.56. The summed E-state index contributed by atoms with van der Waals surface area (Å²) in [5, 5.41) is 14.0. The van der Waals surface area contributed by atoms with Crippen LogP contribution < -0.4 is 0 Å². The van der Waals surface area contributed by atoms with Gasteiger partial charge >= 0.3 is 0 Å². The second-order valence-electron chi connectivity index (χ2n) is 4.54. The highest BCUT2D eigenvalue weighted by Gasteiger charge is 2.32. The summed E-state index contributed by atoms with van der Waals surface area (Å²) in [6.45, 7) is 1.98. The van der Waals surface area contributed by atoms with Crippen molar-refractivity contribution in [3.05, 3.63) is 40.3 Å². The fourth-order valence-electron chi connectivity index (χ4n) is 1.95. The number of pyridine rings is 1. The zero-order valence-corrected chi connectivity index (χ0v) is 10.6. The van der Waals surface area contributed by atoms with E-state index in [4.69, 9.17) is 11.6 Å². The maximum absolute atomic E-state index is 9.18. The van der Waals surface area contributed by atoms with Crippen LogP contribution in [0.25, 0.3) is 5.82 Å². The zero-order valence-electron chi connectivity index (χ0n) is 9.89. The van der Waals surface area contributed by atoms with E-state index in [2.05, 4.69) is 16.2 Å². The lowest BCUT2D eigenvalue weighted by molar-refractivity contribution is 0.812. The van der Waals surface area contributed by atoms with Crippen LogP contribution >= 0.6 is 11.6 Å². The van der Waals surface area contributed by atoms with E-state index in [1.54, 1.807) is 10.9 Å². The minimum atomic E-state index is 0.359. The van der Waals surface area contributed by atoms with Gasteiger partial charge < -0.3 is 0 Å². The van der Waals surface area contributed by atoms with Crippen molar-refractivity contribution >= 4 is 11.6 Å². The molecule has 0 amide bonds. The summed E-state index contributed by atoms with van der Waals surface area (Å²) in [5.41, 5.74) is 2.38. The number of hydrogen-bond acceptors (Lipinski definition) is 3. The molecule has 0 bridgehead atoms. The quantitative estimate of drug-likeness (QED) is 0.832. The monoisotopic (exact) mass is 258 g/mol.